The highest BCUT2D eigenvalue weighted by Crippen LogP contribution is 2.37. The Hall–Kier alpha value is -1.72. The lowest BCUT2D eigenvalue weighted by atomic mass is 9.72. The zero-order valence-electron chi connectivity index (χ0n) is 32.7. The van der Waals surface area contributed by atoms with Gasteiger partial charge in [0.25, 0.3) is 11.8 Å². The second kappa shape index (κ2) is 20.4. The summed E-state index contributed by atoms with van der Waals surface area (Å²) < 4.78 is 0. The van der Waals surface area contributed by atoms with Gasteiger partial charge in [0, 0.05) is 26.2 Å². The number of benzene rings is 1. The van der Waals surface area contributed by atoms with Gasteiger partial charge >= 0.3 is 0 Å². The molecule has 0 aromatic heterocycles. The molecule has 0 N–H and O–H groups in total. The predicted molar refractivity (Wildman–Crippen MR) is 218 cm³/mol. The third kappa shape index (κ3) is 16.4. The molecule has 0 bridgehead atoms. The van der Waals surface area contributed by atoms with Crippen molar-refractivity contribution in [3.05, 3.63) is 35.4 Å². The summed E-state index contributed by atoms with van der Waals surface area (Å²) in [5.41, 5.74) is 2.81. The third-order valence-corrected chi connectivity index (χ3v) is 10.7. The maximum atomic E-state index is 12.0. The van der Waals surface area contributed by atoms with Crippen LogP contribution in [-0.4, -0.2) is 73.3 Å². The van der Waals surface area contributed by atoms with Gasteiger partial charge in [-0.05, 0) is 97.9 Å². The van der Waals surface area contributed by atoms with Crippen molar-refractivity contribution in [2.75, 3.05) is 46.8 Å². The molecule has 49 heavy (non-hydrogen) atoms. The van der Waals surface area contributed by atoms with E-state index in [4.69, 9.17) is 0 Å². The molecule has 5 nitrogen and oxygen atoms in total. The van der Waals surface area contributed by atoms with Gasteiger partial charge in [0.1, 0.15) is 0 Å². The number of hydrogen-bond acceptors (Lipinski definition) is 4. The number of amides is 2. The summed E-state index contributed by atoms with van der Waals surface area (Å²) in [5.74, 6) is 2.53. The number of carbonyl (C=O) groups is 2. The van der Waals surface area contributed by atoms with Gasteiger partial charge in [0.05, 0.1) is 11.1 Å². The highest BCUT2D eigenvalue weighted by molar-refractivity contribution is 6.21. The Morgan fingerprint density at radius 2 is 0.980 bits per heavy atom. The molecule has 1 aromatic carbocycles. The zero-order valence-corrected chi connectivity index (χ0v) is 32.7. The van der Waals surface area contributed by atoms with Crippen molar-refractivity contribution in [1.29, 1.82) is 0 Å². The number of likely N-dealkylation sites (tertiary alicyclic amines) is 2. The standard InChI is InChI=1S/C14H17NO2.C10H20.C9H19N.C8H17N.3CH4/c1-14(2,3)8-9-15-12(16)10-6-4-5-7-11(10)13(15)17;1-10(2,3)9-7-5-4-6-8-9;1-9(2,3)8-5-6-10(4)7-8;1-8(2,3)7-5-9(4)6-7;;;/h4-7H,8-9H2,1-3H3;9H,4-8H2,1-3H3;8H,5-7H2,1-4H3;7H,5-6H2,1-4H3;3*1H4. The van der Waals surface area contributed by atoms with Gasteiger partial charge in [-0.3, -0.25) is 14.5 Å². The summed E-state index contributed by atoms with van der Waals surface area (Å²) in [6.07, 6.45) is 9.59. The Bertz CT molecular complexity index is 1040. The lowest BCUT2D eigenvalue weighted by Crippen LogP contribution is -2.49. The van der Waals surface area contributed by atoms with E-state index in [1.807, 2.05) is 0 Å². The van der Waals surface area contributed by atoms with Crippen molar-refractivity contribution in [1.82, 2.24) is 14.7 Å². The fraction of sp³-hybridized carbons (Fsp3) is 0.818. The predicted octanol–water partition coefficient (Wildman–Crippen LogP) is 11.8. The Kier molecular flexibility index (Phi) is 20.5. The van der Waals surface area contributed by atoms with E-state index in [2.05, 4.69) is 107 Å². The highest BCUT2D eigenvalue weighted by Gasteiger charge is 2.35. The molecule has 3 heterocycles. The van der Waals surface area contributed by atoms with Gasteiger partial charge in [-0.1, -0.05) is 137 Å². The fourth-order valence-corrected chi connectivity index (χ4v) is 6.75. The molecular weight excluding hydrogens is 603 g/mol. The van der Waals surface area contributed by atoms with E-state index in [9.17, 15) is 9.59 Å². The van der Waals surface area contributed by atoms with E-state index < -0.39 is 0 Å². The molecule has 0 radical (unpaired) electrons. The number of nitrogens with zero attached hydrogens (tertiary/aromatic N) is 3. The smallest absolute Gasteiger partial charge is 0.261 e. The van der Waals surface area contributed by atoms with Gasteiger partial charge in [-0.2, -0.15) is 0 Å². The molecule has 5 rings (SSSR count). The molecule has 288 valence electrons. The van der Waals surface area contributed by atoms with Gasteiger partial charge in [0.15, 0.2) is 0 Å². The van der Waals surface area contributed by atoms with Crippen LogP contribution in [0.1, 0.15) is 171 Å². The first kappa shape index (κ1) is 49.4. The van der Waals surface area contributed by atoms with Crippen LogP contribution in [0.5, 0.6) is 0 Å². The van der Waals surface area contributed by atoms with Crippen molar-refractivity contribution in [3.63, 3.8) is 0 Å². The molecule has 2 amide bonds. The largest absolute Gasteiger partial charge is 0.306 e. The Labute approximate surface area is 307 Å². The summed E-state index contributed by atoms with van der Waals surface area (Å²) in [7, 11) is 4.40. The first-order valence-electron chi connectivity index (χ1n) is 18.3. The second-order valence-electron chi connectivity index (χ2n) is 19.2. The molecule has 2 saturated heterocycles. The number of hydrogen-bond donors (Lipinski definition) is 0. The maximum Gasteiger partial charge on any atom is 0.261 e. The topological polar surface area (TPSA) is 43.9 Å². The fourth-order valence-electron chi connectivity index (χ4n) is 6.75. The molecule has 1 unspecified atom stereocenters. The minimum atomic E-state index is -0.158. The normalized spacial score (nSPS) is 20.4. The Morgan fingerprint density at radius 1 is 0.571 bits per heavy atom. The van der Waals surface area contributed by atoms with Crippen LogP contribution in [0, 0.1) is 39.4 Å². The molecule has 1 aliphatic carbocycles. The lowest BCUT2D eigenvalue weighted by molar-refractivity contribution is 0.0459. The van der Waals surface area contributed by atoms with Gasteiger partial charge in [-0.25, -0.2) is 0 Å². The van der Waals surface area contributed by atoms with Gasteiger partial charge in [-0.15, -0.1) is 0 Å². The van der Waals surface area contributed by atoms with E-state index in [1.165, 1.54) is 69.6 Å². The monoisotopic (exact) mass is 688 g/mol. The molecule has 1 saturated carbocycles. The van der Waals surface area contributed by atoms with Crippen LogP contribution in [0.15, 0.2) is 24.3 Å². The van der Waals surface area contributed by atoms with E-state index in [0.717, 1.165) is 24.2 Å². The average Bonchev–Trinajstić information content (AvgIpc) is 3.47. The number of fused-ring (bicyclic) bond motifs is 1. The van der Waals surface area contributed by atoms with Crippen molar-refractivity contribution >= 4 is 11.8 Å². The number of rotatable bonds is 2. The van der Waals surface area contributed by atoms with Crippen LogP contribution >= 0.6 is 0 Å². The number of carbonyl (C=O) groups excluding carboxylic acids is 2. The van der Waals surface area contributed by atoms with Crippen LogP contribution in [0.25, 0.3) is 0 Å². The van der Waals surface area contributed by atoms with Crippen LogP contribution in [0.4, 0.5) is 0 Å². The van der Waals surface area contributed by atoms with E-state index >= 15 is 0 Å². The molecule has 1 atom stereocenters. The molecule has 3 aliphatic heterocycles. The zero-order chi connectivity index (χ0) is 35.1. The molecule has 5 heteroatoms. The maximum absolute atomic E-state index is 12.0. The average molecular weight is 688 g/mol. The van der Waals surface area contributed by atoms with Crippen LogP contribution < -0.4 is 0 Å². The van der Waals surface area contributed by atoms with E-state index in [-0.39, 0.29) is 39.5 Å². The lowest BCUT2D eigenvalue weighted by Gasteiger charge is -2.44. The van der Waals surface area contributed by atoms with Crippen LogP contribution in [0.2, 0.25) is 0 Å². The van der Waals surface area contributed by atoms with Gasteiger partial charge in [0.2, 0.25) is 0 Å². The molecule has 1 aromatic rings. The first-order valence-corrected chi connectivity index (χ1v) is 18.3. The summed E-state index contributed by atoms with van der Waals surface area (Å²) in [6.45, 7) is 33.1. The summed E-state index contributed by atoms with van der Waals surface area (Å²) >= 11 is 0. The highest BCUT2D eigenvalue weighted by atomic mass is 16.2. The summed E-state index contributed by atoms with van der Waals surface area (Å²) in [5, 5.41) is 0. The SMILES string of the molecule is C.C.C.CC(C)(C)C1CCCCC1.CC(C)(C)CCN1C(=O)c2ccccc2C1=O.CN1CC(C(C)(C)C)C1.CN1CCC(C(C)(C)C)C1. The van der Waals surface area contributed by atoms with Crippen molar-refractivity contribution < 1.29 is 9.59 Å². The summed E-state index contributed by atoms with van der Waals surface area (Å²) in [4.78, 5) is 30.2. The van der Waals surface area contributed by atoms with Crippen LogP contribution in [-0.2, 0) is 0 Å². The van der Waals surface area contributed by atoms with Crippen molar-refractivity contribution in [3.8, 4) is 0 Å². The minimum absolute atomic E-state index is 0. The van der Waals surface area contributed by atoms with E-state index in [0.29, 0.717) is 33.9 Å². The van der Waals surface area contributed by atoms with Crippen molar-refractivity contribution in [2.24, 2.45) is 39.4 Å². The molecule has 0 spiro atoms. The van der Waals surface area contributed by atoms with E-state index in [1.54, 1.807) is 24.3 Å². The third-order valence-electron chi connectivity index (χ3n) is 10.7. The first-order chi connectivity index (χ1) is 21.0. The van der Waals surface area contributed by atoms with Crippen molar-refractivity contribution in [2.45, 2.75) is 150 Å². The Balaban J connectivity index is 0. The van der Waals surface area contributed by atoms with Gasteiger partial charge < -0.3 is 9.80 Å². The minimum Gasteiger partial charge on any atom is -0.306 e. The molecule has 3 fully saturated rings. The second-order valence-corrected chi connectivity index (χ2v) is 19.2. The molecule has 4 aliphatic rings. The quantitative estimate of drug-likeness (QED) is 0.290. The summed E-state index contributed by atoms with van der Waals surface area (Å²) in [6, 6.07) is 7.01. The van der Waals surface area contributed by atoms with Crippen LogP contribution in [0.3, 0.4) is 0 Å². The molecular formula is C44H85N3O2. The Morgan fingerprint density at radius 3 is 1.24 bits per heavy atom. The number of imide groups is 1.